The van der Waals surface area contributed by atoms with Crippen LogP contribution in [0, 0.1) is 5.82 Å². The van der Waals surface area contributed by atoms with Gasteiger partial charge in [0.2, 0.25) is 0 Å². The largest absolute Gasteiger partial charge is 0.493 e. The van der Waals surface area contributed by atoms with E-state index in [1.54, 1.807) is 39.6 Å². The Labute approximate surface area is 192 Å². The van der Waals surface area contributed by atoms with Crippen molar-refractivity contribution in [2.24, 2.45) is 5.10 Å². The molecule has 33 heavy (non-hydrogen) atoms. The smallest absolute Gasteiger partial charge is 0.349 e. The third kappa shape index (κ3) is 4.43. The molecule has 0 N–H and O–H groups in total. The fraction of sp³-hybridized carbons (Fsp3) is 0.154. The second-order valence-corrected chi connectivity index (χ2v) is 7.57. The highest BCUT2D eigenvalue weighted by molar-refractivity contribution is 5.96. The van der Waals surface area contributed by atoms with E-state index >= 15 is 0 Å². The van der Waals surface area contributed by atoms with Crippen LogP contribution in [0.1, 0.15) is 18.1 Å². The Hall–Kier alpha value is -4.13. The zero-order valence-corrected chi connectivity index (χ0v) is 18.9. The van der Waals surface area contributed by atoms with Crippen LogP contribution in [0.2, 0.25) is 0 Å². The zero-order chi connectivity index (χ0) is 23.5. The average molecular weight is 445 g/mol. The summed E-state index contributed by atoms with van der Waals surface area (Å²) in [5.41, 5.74) is 4.89. The molecule has 4 rings (SSSR count). The van der Waals surface area contributed by atoms with Gasteiger partial charge in [-0.1, -0.05) is 24.3 Å². The molecule has 6 nitrogen and oxygen atoms in total. The van der Waals surface area contributed by atoms with Crippen LogP contribution in [0.25, 0.3) is 17.2 Å². The van der Waals surface area contributed by atoms with Crippen LogP contribution >= 0.6 is 0 Å². The maximum Gasteiger partial charge on any atom is 0.349 e. The lowest BCUT2D eigenvalue weighted by Gasteiger charge is -2.24. The molecular weight excluding hydrogens is 421 g/mol. The predicted octanol–water partition coefficient (Wildman–Crippen LogP) is 5.78. The number of ether oxygens (including phenoxy) is 2. The third-order valence-corrected chi connectivity index (χ3v) is 5.50. The van der Waals surface area contributed by atoms with Gasteiger partial charge in [-0.25, -0.2) is 9.18 Å². The first-order valence-electron chi connectivity index (χ1n) is 10.3. The van der Waals surface area contributed by atoms with Crippen molar-refractivity contribution in [1.29, 1.82) is 0 Å². The molecule has 0 radical (unpaired) electrons. The normalized spacial score (nSPS) is 12.5. The molecule has 0 spiro atoms. The molecule has 0 saturated heterocycles. The molecule has 3 aromatic rings. The average Bonchev–Trinajstić information content (AvgIpc) is 3.00. The van der Waals surface area contributed by atoms with Gasteiger partial charge in [-0.2, -0.15) is 10.1 Å². The molecule has 168 valence electrons. The zero-order valence-electron chi connectivity index (χ0n) is 18.9. The van der Waals surface area contributed by atoms with Gasteiger partial charge in [-0.05, 0) is 66.1 Å². The van der Waals surface area contributed by atoms with Crippen LogP contribution in [0.4, 0.5) is 14.9 Å². The minimum Gasteiger partial charge on any atom is -0.493 e. The number of methoxy groups -OCH3 is 2. The number of hydrogen-bond donors (Lipinski definition) is 0. The standard InChI is InChI=1S/C26H24FN3O3/c1-17-13-20-14-24(32-3)25(33-4)15-21(20)16-28-30(17)26(31)29(2)23-11-7-19(8-12-23)18-5-9-22(27)10-6-18/h5-16H,1-4H3. The van der Waals surface area contributed by atoms with Crippen LogP contribution in [0.5, 0.6) is 11.5 Å². The van der Waals surface area contributed by atoms with Gasteiger partial charge < -0.3 is 9.47 Å². The Kier molecular flexibility index (Phi) is 6.13. The molecule has 3 aromatic carbocycles. The number of amides is 2. The molecule has 0 atom stereocenters. The summed E-state index contributed by atoms with van der Waals surface area (Å²) in [6.07, 6.45) is 3.52. The molecule has 1 aliphatic rings. The number of rotatable bonds is 4. The number of carbonyl (C=O) groups excluding carboxylic acids is 1. The van der Waals surface area contributed by atoms with Crippen LogP contribution in [-0.4, -0.2) is 38.5 Å². The maximum atomic E-state index is 13.3. The molecule has 0 aromatic heterocycles. The Morgan fingerprint density at radius 3 is 2.03 bits per heavy atom. The number of urea groups is 1. The summed E-state index contributed by atoms with van der Waals surface area (Å²) in [5, 5.41) is 5.77. The molecule has 0 unspecified atom stereocenters. The van der Waals surface area contributed by atoms with E-state index in [9.17, 15) is 9.18 Å². The number of fused-ring (bicyclic) bond motifs is 1. The summed E-state index contributed by atoms with van der Waals surface area (Å²) in [5.74, 6) is 0.917. The Bertz CT molecular complexity index is 1230. The Balaban J connectivity index is 1.57. The minimum absolute atomic E-state index is 0.277. The van der Waals surface area contributed by atoms with Gasteiger partial charge >= 0.3 is 6.03 Å². The second-order valence-electron chi connectivity index (χ2n) is 7.57. The topological polar surface area (TPSA) is 54.4 Å². The number of anilines is 1. The molecule has 7 heteroatoms. The Morgan fingerprint density at radius 1 is 0.909 bits per heavy atom. The number of allylic oxidation sites excluding steroid dienone is 1. The second kappa shape index (κ2) is 9.16. The van der Waals surface area contributed by atoms with Crippen molar-refractivity contribution in [3.63, 3.8) is 0 Å². The van der Waals surface area contributed by atoms with Gasteiger partial charge in [0, 0.05) is 24.0 Å². The number of carbonyl (C=O) groups is 1. The first kappa shape index (κ1) is 22.1. The number of hydrogen-bond acceptors (Lipinski definition) is 4. The summed E-state index contributed by atoms with van der Waals surface area (Å²) < 4.78 is 23.9. The minimum atomic E-state index is -0.304. The van der Waals surface area contributed by atoms with E-state index in [2.05, 4.69) is 5.10 Å². The van der Waals surface area contributed by atoms with Gasteiger partial charge in [0.1, 0.15) is 5.82 Å². The number of hydrazone groups is 1. The van der Waals surface area contributed by atoms with Crippen molar-refractivity contribution in [2.45, 2.75) is 6.92 Å². The van der Waals surface area contributed by atoms with Crippen LogP contribution in [0.15, 0.2) is 71.5 Å². The van der Waals surface area contributed by atoms with Gasteiger partial charge in [-0.15, -0.1) is 0 Å². The van der Waals surface area contributed by atoms with Crippen molar-refractivity contribution in [3.05, 3.63) is 83.3 Å². The van der Waals surface area contributed by atoms with Crippen molar-refractivity contribution in [2.75, 3.05) is 26.2 Å². The van der Waals surface area contributed by atoms with Gasteiger partial charge in [0.25, 0.3) is 0 Å². The van der Waals surface area contributed by atoms with Crippen molar-refractivity contribution in [3.8, 4) is 22.6 Å². The highest BCUT2D eigenvalue weighted by atomic mass is 19.1. The lowest BCUT2D eigenvalue weighted by molar-refractivity contribution is 0.221. The van der Waals surface area contributed by atoms with Gasteiger partial charge in [-0.3, -0.25) is 4.90 Å². The fourth-order valence-electron chi connectivity index (χ4n) is 3.62. The molecule has 0 bridgehead atoms. The number of halogens is 1. The Morgan fingerprint density at radius 2 is 1.45 bits per heavy atom. The summed E-state index contributed by atoms with van der Waals surface area (Å²) in [7, 11) is 4.85. The van der Waals surface area contributed by atoms with Crippen LogP contribution in [-0.2, 0) is 0 Å². The molecule has 0 saturated carbocycles. The van der Waals surface area contributed by atoms with Crippen molar-refractivity contribution >= 4 is 24.0 Å². The van der Waals surface area contributed by atoms with Crippen molar-refractivity contribution in [1.82, 2.24) is 5.01 Å². The van der Waals surface area contributed by atoms with E-state index in [1.807, 2.05) is 49.4 Å². The molecule has 0 fully saturated rings. The van der Waals surface area contributed by atoms with Crippen LogP contribution in [0.3, 0.4) is 0 Å². The molecule has 1 heterocycles. The fourth-order valence-corrected chi connectivity index (χ4v) is 3.62. The van der Waals surface area contributed by atoms with E-state index in [1.165, 1.54) is 22.0 Å². The SMILES string of the molecule is COc1cc2c(cc1OC)C=C(C)N(C(=O)N(C)c1ccc(-c3ccc(F)cc3)cc1)N=C2. The predicted molar refractivity (Wildman–Crippen MR) is 128 cm³/mol. The quantitative estimate of drug-likeness (QED) is 0.512. The van der Waals surface area contributed by atoms with E-state index in [-0.39, 0.29) is 11.8 Å². The molecule has 2 amide bonds. The van der Waals surface area contributed by atoms with Crippen LogP contribution < -0.4 is 14.4 Å². The first-order chi connectivity index (χ1) is 15.9. The van der Waals surface area contributed by atoms with E-state index in [0.29, 0.717) is 22.9 Å². The van der Waals surface area contributed by atoms with Gasteiger partial charge in [0.15, 0.2) is 11.5 Å². The van der Waals surface area contributed by atoms with E-state index < -0.39 is 0 Å². The monoisotopic (exact) mass is 445 g/mol. The summed E-state index contributed by atoms with van der Waals surface area (Å²) in [6.45, 7) is 1.83. The summed E-state index contributed by atoms with van der Waals surface area (Å²) >= 11 is 0. The molecule has 1 aliphatic heterocycles. The number of nitrogens with zero attached hydrogens (tertiary/aromatic N) is 3. The summed E-state index contributed by atoms with van der Waals surface area (Å²) in [6, 6.07) is 17.2. The maximum absolute atomic E-state index is 13.3. The summed E-state index contributed by atoms with van der Waals surface area (Å²) in [4.78, 5) is 14.8. The third-order valence-electron chi connectivity index (χ3n) is 5.50. The van der Waals surface area contributed by atoms with E-state index in [0.717, 1.165) is 22.3 Å². The lowest BCUT2D eigenvalue weighted by atomic mass is 10.1. The molecular formula is C26H24FN3O3. The van der Waals surface area contributed by atoms with Crippen molar-refractivity contribution < 1.29 is 18.7 Å². The lowest BCUT2D eigenvalue weighted by Crippen LogP contribution is -2.37. The molecule has 0 aliphatic carbocycles. The highest BCUT2D eigenvalue weighted by Crippen LogP contribution is 2.33. The van der Waals surface area contributed by atoms with E-state index in [4.69, 9.17) is 9.47 Å². The highest BCUT2D eigenvalue weighted by Gasteiger charge is 2.23. The number of benzene rings is 3. The van der Waals surface area contributed by atoms with Gasteiger partial charge in [0.05, 0.1) is 20.4 Å². The first-order valence-corrected chi connectivity index (χ1v) is 10.3.